The molecule has 1 atom stereocenters. The third-order valence-electron chi connectivity index (χ3n) is 6.31. The first-order valence-corrected chi connectivity index (χ1v) is 17.2. The second kappa shape index (κ2) is 16.1. The van der Waals surface area contributed by atoms with E-state index in [1.54, 1.807) is 29.7 Å². The standard InChI is InChI=1S/C21H18F3IN5O4P.C8H11N.CH4/c1-12-2-3-14(18-28-20(34-29-18)21(22,23)24)9-15(12)27-19(31)16-10-26-17-8-13(4-5-30(16)17)11-32-6-7-33-35-25;1-6-3-4-7(2)8(9)5-6;/h2-5,8-10,35H,6-7,11H2,1H3,(H,27,31);3-5H,9H2,1-2H3;1H4. The number of rotatable bonds is 9. The zero-order valence-corrected chi connectivity index (χ0v) is 27.1. The fraction of sp³-hybridized carbons (Fsp3) is 0.267. The van der Waals surface area contributed by atoms with Gasteiger partial charge in [0.1, 0.15) is 11.3 Å². The van der Waals surface area contributed by atoms with Crippen molar-refractivity contribution in [1.82, 2.24) is 19.5 Å². The lowest BCUT2D eigenvalue weighted by atomic mass is 10.1. The number of hydrogen-bond acceptors (Lipinski definition) is 8. The number of halogens is 4. The Morgan fingerprint density at radius 1 is 1.09 bits per heavy atom. The molecule has 0 saturated heterocycles. The molecule has 0 bridgehead atoms. The topological polar surface area (TPSA) is 130 Å². The molecular weight excluding hydrogens is 723 g/mol. The molecule has 5 rings (SSSR count). The first-order valence-electron chi connectivity index (χ1n) is 13.1. The molecule has 1 amide bonds. The Hall–Kier alpha value is -3.59. The Kier molecular flexibility index (Phi) is 12.8. The van der Waals surface area contributed by atoms with E-state index in [-0.39, 0.29) is 24.5 Å². The van der Waals surface area contributed by atoms with E-state index >= 15 is 0 Å². The molecule has 0 aliphatic carbocycles. The van der Waals surface area contributed by atoms with E-state index in [0.717, 1.165) is 16.8 Å². The van der Waals surface area contributed by atoms with Gasteiger partial charge in [-0.15, -0.1) is 0 Å². The molecule has 5 aromatic rings. The van der Waals surface area contributed by atoms with Gasteiger partial charge in [0.05, 0.1) is 32.5 Å². The van der Waals surface area contributed by atoms with Crippen molar-refractivity contribution in [2.75, 3.05) is 24.3 Å². The molecule has 0 fully saturated rings. The molecule has 240 valence electrons. The summed E-state index contributed by atoms with van der Waals surface area (Å²) >= 11 is 2.14. The molecule has 0 aliphatic rings. The molecule has 0 aliphatic heterocycles. The summed E-state index contributed by atoms with van der Waals surface area (Å²) in [5.74, 6) is -2.12. The van der Waals surface area contributed by atoms with Crippen molar-refractivity contribution in [1.29, 1.82) is 0 Å². The smallest absolute Gasteiger partial charge is 0.399 e. The molecule has 0 radical (unpaired) electrons. The lowest BCUT2D eigenvalue weighted by Gasteiger charge is -2.10. The minimum absolute atomic E-state index is 0. The number of benzene rings is 2. The maximum Gasteiger partial charge on any atom is 0.471 e. The highest BCUT2D eigenvalue weighted by Crippen LogP contribution is 2.30. The number of nitrogens with two attached hydrogens (primary N) is 1. The van der Waals surface area contributed by atoms with Crippen LogP contribution in [0.5, 0.6) is 0 Å². The zero-order chi connectivity index (χ0) is 31.9. The van der Waals surface area contributed by atoms with E-state index in [1.165, 1.54) is 17.8 Å². The van der Waals surface area contributed by atoms with Gasteiger partial charge in [0.25, 0.3) is 5.91 Å². The number of aromatic nitrogens is 4. The van der Waals surface area contributed by atoms with Crippen LogP contribution >= 0.6 is 28.5 Å². The van der Waals surface area contributed by atoms with Crippen molar-refractivity contribution < 1.29 is 31.7 Å². The number of ether oxygens (including phenoxy) is 1. The number of alkyl halides is 3. The maximum atomic E-state index is 13.0. The van der Waals surface area contributed by atoms with Crippen LogP contribution in [0.2, 0.25) is 0 Å². The molecule has 3 heterocycles. The molecule has 2 aromatic carbocycles. The fourth-order valence-electron chi connectivity index (χ4n) is 3.91. The lowest BCUT2D eigenvalue weighted by Crippen LogP contribution is -2.15. The van der Waals surface area contributed by atoms with E-state index in [1.807, 2.05) is 38.1 Å². The monoisotopic (exact) mass is 756 g/mol. The van der Waals surface area contributed by atoms with Crippen LogP contribution < -0.4 is 11.1 Å². The summed E-state index contributed by atoms with van der Waals surface area (Å²) in [6, 6.07) is 14.4. The van der Waals surface area contributed by atoms with Crippen LogP contribution in [-0.2, 0) is 22.0 Å². The van der Waals surface area contributed by atoms with E-state index in [9.17, 15) is 18.0 Å². The highest BCUT2D eigenvalue weighted by Gasteiger charge is 2.38. The van der Waals surface area contributed by atoms with Gasteiger partial charge in [0, 0.05) is 23.1 Å². The van der Waals surface area contributed by atoms with Crippen LogP contribution in [0.15, 0.2) is 65.4 Å². The maximum absolute atomic E-state index is 13.0. The van der Waals surface area contributed by atoms with Crippen LogP contribution in [0.3, 0.4) is 0 Å². The van der Waals surface area contributed by atoms with Gasteiger partial charge in [-0.1, -0.05) is 36.8 Å². The number of pyridine rings is 1. The number of amides is 1. The van der Waals surface area contributed by atoms with Gasteiger partial charge in [0.15, 0.2) is 0 Å². The van der Waals surface area contributed by atoms with Gasteiger partial charge >= 0.3 is 12.1 Å². The van der Waals surface area contributed by atoms with Crippen LogP contribution in [0.1, 0.15) is 46.1 Å². The van der Waals surface area contributed by atoms with Crippen molar-refractivity contribution in [2.45, 2.75) is 41.0 Å². The average molecular weight is 757 g/mol. The fourth-order valence-corrected chi connectivity index (χ4v) is 4.73. The van der Waals surface area contributed by atoms with E-state index in [0.29, 0.717) is 43.2 Å². The summed E-state index contributed by atoms with van der Waals surface area (Å²) in [4.78, 5) is 20.7. The van der Waals surface area contributed by atoms with Crippen LogP contribution in [-0.4, -0.2) is 38.6 Å². The molecule has 0 saturated carbocycles. The minimum Gasteiger partial charge on any atom is -0.399 e. The molecule has 0 spiro atoms. The minimum atomic E-state index is -4.74. The predicted molar refractivity (Wildman–Crippen MR) is 178 cm³/mol. The molecule has 45 heavy (non-hydrogen) atoms. The van der Waals surface area contributed by atoms with Crippen molar-refractivity contribution >= 4 is 51.4 Å². The van der Waals surface area contributed by atoms with E-state index in [2.05, 4.69) is 53.1 Å². The highest BCUT2D eigenvalue weighted by molar-refractivity contribution is 14.2. The highest BCUT2D eigenvalue weighted by atomic mass is 127. The van der Waals surface area contributed by atoms with Crippen molar-refractivity contribution in [3.63, 3.8) is 0 Å². The second-order valence-electron chi connectivity index (χ2n) is 9.65. The molecule has 10 nitrogen and oxygen atoms in total. The third-order valence-corrected chi connectivity index (χ3v) is 7.56. The van der Waals surface area contributed by atoms with Gasteiger partial charge in [-0.05, 0) is 89.3 Å². The Morgan fingerprint density at radius 2 is 1.84 bits per heavy atom. The molecule has 3 N–H and O–H groups in total. The van der Waals surface area contributed by atoms with Gasteiger partial charge in [-0.2, -0.15) is 18.2 Å². The number of aryl methyl sites for hydroxylation is 3. The van der Waals surface area contributed by atoms with E-state index < -0.39 is 18.0 Å². The van der Waals surface area contributed by atoms with Crippen LogP contribution in [0.25, 0.3) is 17.0 Å². The Labute approximate surface area is 273 Å². The zero-order valence-electron chi connectivity index (χ0n) is 23.9. The Balaban J connectivity index is 0.000000476. The van der Waals surface area contributed by atoms with Crippen LogP contribution in [0.4, 0.5) is 24.5 Å². The molecular formula is C30H33F3IN6O4P. The number of fused-ring (bicyclic) bond motifs is 1. The lowest BCUT2D eigenvalue weighted by molar-refractivity contribution is -0.159. The molecule has 1 unspecified atom stereocenters. The quantitative estimate of drug-likeness (QED) is 0.0671. The second-order valence-corrected chi connectivity index (χ2v) is 11.4. The number of anilines is 2. The summed E-state index contributed by atoms with van der Waals surface area (Å²) in [6.45, 7) is 7.57. The first-order chi connectivity index (χ1) is 21.0. The van der Waals surface area contributed by atoms with Crippen molar-refractivity contribution in [2.24, 2.45) is 0 Å². The Bertz CT molecular complexity index is 1740. The first kappa shape index (κ1) is 35.9. The molecule has 15 heteroatoms. The number of nitrogens with one attached hydrogen (secondary N) is 1. The normalized spacial score (nSPS) is 11.4. The average Bonchev–Trinajstić information content (AvgIpc) is 3.65. The SMILES string of the molecule is C.Cc1ccc(-c2noc(C(F)(F)F)n2)cc1NC(=O)c1cnc2cc(COCCOPI)ccn12.Cc1ccc(C)c(N)c1. The van der Waals surface area contributed by atoms with Gasteiger partial charge in [-0.25, -0.2) is 4.98 Å². The number of nitrogens with zero attached hydrogens (tertiary/aromatic N) is 4. The summed E-state index contributed by atoms with van der Waals surface area (Å²) in [5.41, 5.74) is 12.0. The largest absolute Gasteiger partial charge is 0.471 e. The Morgan fingerprint density at radius 3 is 2.51 bits per heavy atom. The van der Waals surface area contributed by atoms with Crippen molar-refractivity contribution in [3.05, 3.63) is 94.8 Å². The number of nitrogen functional groups attached to an aromatic ring is 1. The van der Waals surface area contributed by atoms with Crippen molar-refractivity contribution in [3.8, 4) is 11.4 Å². The summed E-state index contributed by atoms with van der Waals surface area (Å²) in [7, 11) is 0. The number of imidazole rings is 1. The summed E-state index contributed by atoms with van der Waals surface area (Å²) < 4.78 is 55.1. The summed E-state index contributed by atoms with van der Waals surface area (Å²) in [6.07, 6.45) is -1.58. The summed E-state index contributed by atoms with van der Waals surface area (Å²) in [5, 5.41) is 6.16. The van der Waals surface area contributed by atoms with Gasteiger partial charge in [0.2, 0.25) is 5.82 Å². The third kappa shape index (κ3) is 9.70. The van der Waals surface area contributed by atoms with E-state index in [4.69, 9.17) is 15.0 Å². The van der Waals surface area contributed by atoms with Gasteiger partial charge in [-0.3, -0.25) is 9.20 Å². The van der Waals surface area contributed by atoms with Gasteiger partial charge < -0.3 is 24.8 Å². The number of carbonyl (C=O) groups excluding carboxylic acids is 1. The van der Waals surface area contributed by atoms with Crippen LogP contribution in [0, 0.1) is 20.8 Å². The number of carbonyl (C=O) groups is 1. The molecule has 3 aromatic heterocycles. The number of hydrogen-bond donors (Lipinski definition) is 2. The predicted octanol–water partition coefficient (Wildman–Crippen LogP) is 7.96.